The average Bonchev–Trinajstić information content (AvgIpc) is 2.33. The third-order valence-corrected chi connectivity index (χ3v) is 3.80. The van der Waals surface area contributed by atoms with Crippen molar-refractivity contribution in [2.24, 2.45) is 11.8 Å². The first-order valence-electron chi connectivity index (χ1n) is 6.25. The Balaban J connectivity index is 2.35. The molecule has 1 aromatic heterocycles. The molecule has 0 N–H and O–H groups in total. The van der Waals surface area contributed by atoms with Crippen molar-refractivity contribution in [1.82, 2.24) is 4.98 Å². The predicted octanol–water partition coefficient (Wildman–Crippen LogP) is 2.82. The molecule has 0 aromatic carbocycles. The molecular weight excluding hydrogens is 210 g/mol. The van der Waals surface area contributed by atoms with E-state index >= 15 is 0 Å². The van der Waals surface area contributed by atoms with Gasteiger partial charge in [0, 0.05) is 18.8 Å². The summed E-state index contributed by atoms with van der Waals surface area (Å²) in [5.74, 6) is 1.33. The van der Waals surface area contributed by atoms with E-state index in [2.05, 4.69) is 36.7 Å². The molecule has 0 bridgehead atoms. The Morgan fingerprint density at radius 1 is 1.41 bits per heavy atom. The molecule has 90 valence electrons. The lowest BCUT2D eigenvalue weighted by Crippen LogP contribution is -2.46. The minimum absolute atomic E-state index is 0.475. The Labute approximate surface area is 103 Å². The molecule has 3 unspecified atom stereocenters. The lowest BCUT2D eigenvalue weighted by atomic mass is 9.85. The smallest absolute Gasteiger partial charge is 0.163 e. The third-order valence-electron chi connectivity index (χ3n) is 3.80. The highest BCUT2D eigenvalue weighted by molar-refractivity contribution is 5.56. The summed E-state index contributed by atoms with van der Waals surface area (Å²) in [6.07, 6.45) is 2.95. The van der Waals surface area contributed by atoms with Crippen LogP contribution >= 0.6 is 0 Å². The van der Waals surface area contributed by atoms with Crippen molar-refractivity contribution in [1.29, 1.82) is 5.26 Å². The van der Waals surface area contributed by atoms with E-state index in [1.165, 1.54) is 6.42 Å². The molecule has 3 atom stereocenters. The van der Waals surface area contributed by atoms with Crippen molar-refractivity contribution in [2.75, 3.05) is 11.4 Å². The molecule has 2 rings (SSSR count). The normalized spacial score (nSPS) is 28.8. The second kappa shape index (κ2) is 4.75. The fourth-order valence-electron chi connectivity index (χ4n) is 2.75. The van der Waals surface area contributed by atoms with Crippen LogP contribution in [0.15, 0.2) is 18.3 Å². The Hall–Kier alpha value is -1.56. The lowest BCUT2D eigenvalue weighted by molar-refractivity contribution is 0.297. The molecular formula is C14H19N3. The van der Waals surface area contributed by atoms with E-state index in [1.807, 2.05) is 12.1 Å². The highest BCUT2D eigenvalue weighted by atomic mass is 15.2. The predicted molar refractivity (Wildman–Crippen MR) is 68.7 cm³/mol. The fourth-order valence-corrected chi connectivity index (χ4v) is 2.75. The maximum atomic E-state index is 9.13. The SMILES string of the molecule is CC1CC(C)C(C)N(c2cccnc2C#N)C1. The Bertz CT molecular complexity index is 435. The summed E-state index contributed by atoms with van der Waals surface area (Å²) in [6, 6.07) is 6.58. The van der Waals surface area contributed by atoms with Crippen LogP contribution in [0.2, 0.25) is 0 Å². The second-order valence-electron chi connectivity index (χ2n) is 5.19. The van der Waals surface area contributed by atoms with Crippen LogP contribution in [0.4, 0.5) is 5.69 Å². The standard InChI is InChI=1S/C14H19N3/c1-10-7-11(2)12(3)17(9-10)14-5-4-6-16-13(14)8-15/h4-6,10-12H,7,9H2,1-3H3. The van der Waals surface area contributed by atoms with Gasteiger partial charge in [-0.05, 0) is 37.3 Å². The number of hydrogen-bond acceptors (Lipinski definition) is 3. The van der Waals surface area contributed by atoms with Crippen molar-refractivity contribution in [3.63, 3.8) is 0 Å². The molecule has 1 aromatic rings. The number of hydrogen-bond donors (Lipinski definition) is 0. The van der Waals surface area contributed by atoms with Gasteiger partial charge in [-0.2, -0.15) is 5.26 Å². The molecule has 1 aliphatic heterocycles. The first-order chi connectivity index (χ1) is 8.13. The summed E-state index contributed by atoms with van der Waals surface area (Å²) in [4.78, 5) is 6.49. The second-order valence-corrected chi connectivity index (χ2v) is 5.19. The fraction of sp³-hybridized carbons (Fsp3) is 0.571. The highest BCUT2D eigenvalue weighted by Gasteiger charge is 2.30. The Morgan fingerprint density at radius 2 is 2.18 bits per heavy atom. The molecule has 0 spiro atoms. The zero-order valence-corrected chi connectivity index (χ0v) is 10.7. The number of rotatable bonds is 1. The van der Waals surface area contributed by atoms with Crippen LogP contribution in [0.25, 0.3) is 0 Å². The Morgan fingerprint density at radius 3 is 2.88 bits per heavy atom. The van der Waals surface area contributed by atoms with E-state index in [9.17, 15) is 0 Å². The van der Waals surface area contributed by atoms with E-state index in [-0.39, 0.29) is 0 Å². The molecule has 1 fully saturated rings. The largest absolute Gasteiger partial charge is 0.366 e. The quantitative estimate of drug-likeness (QED) is 0.743. The minimum Gasteiger partial charge on any atom is -0.366 e. The maximum Gasteiger partial charge on any atom is 0.163 e. The summed E-state index contributed by atoms with van der Waals surface area (Å²) < 4.78 is 0. The zero-order chi connectivity index (χ0) is 12.4. The van der Waals surface area contributed by atoms with E-state index in [1.54, 1.807) is 6.20 Å². The van der Waals surface area contributed by atoms with Gasteiger partial charge in [-0.25, -0.2) is 4.98 Å². The van der Waals surface area contributed by atoms with E-state index in [0.29, 0.717) is 23.6 Å². The number of piperidine rings is 1. The summed E-state index contributed by atoms with van der Waals surface area (Å²) in [6.45, 7) is 7.82. The van der Waals surface area contributed by atoms with Crippen molar-refractivity contribution in [2.45, 2.75) is 33.2 Å². The summed E-state index contributed by atoms with van der Waals surface area (Å²) in [5, 5.41) is 9.13. The molecule has 17 heavy (non-hydrogen) atoms. The van der Waals surface area contributed by atoms with Gasteiger partial charge in [0.05, 0.1) is 5.69 Å². The number of pyridine rings is 1. The topological polar surface area (TPSA) is 39.9 Å². The van der Waals surface area contributed by atoms with E-state index < -0.39 is 0 Å². The average molecular weight is 229 g/mol. The Kier molecular flexibility index (Phi) is 3.33. The van der Waals surface area contributed by atoms with Gasteiger partial charge in [0.15, 0.2) is 5.69 Å². The molecule has 3 nitrogen and oxygen atoms in total. The summed E-state index contributed by atoms with van der Waals surface area (Å²) in [5.41, 5.74) is 1.53. The van der Waals surface area contributed by atoms with Gasteiger partial charge < -0.3 is 4.90 Å². The maximum absolute atomic E-state index is 9.13. The van der Waals surface area contributed by atoms with Gasteiger partial charge in [0.1, 0.15) is 6.07 Å². The van der Waals surface area contributed by atoms with Crippen LogP contribution in [-0.2, 0) is 0 Å². The monoisotopic (exact) mass is 229 g/mol. The lowest BCUT2D eigenvalue weighted by Gasteiger charge is -2.42. The van der Waals surface area contributed by atoms with Crippen molar-refractivity contribution in [3.05, 3.63) is 24.0 Å². The van der Waals surface area contributed by atoms with Crippen molar-refractivity contribution >= 4 is 5.69 Å². The van der Waals surface area contributed by atoms with Crippen LogP contribution in [0, 0.1) is 23.2 Å². The van der Waals surface area contributed by atoms with Crippen LogP contribution in [0.5, 0.6) is 0 Å². The van der Waals surface area contributed by atoms with Gasteiger partial charge in [0.25, 0.3) is 0 Å². The molecule has 0 amide bonds. The summed E-state index contributed by atoms with van der Waals surface area (Å²) >= 11 is 0. The summed E-state index contributed by atoms with van der Waals surface area (Å²) in [7, 11) is 0. The molecule has 1 aliphatic rings. The van der Waals surface area contributed by atoms with Crippen LogP contribution in [0.3, 0.4) is 0 Å². The van der Waals surface area contributed by atoms with Crippen LogP contribution in [-0.4, -0.2) is 17.6 Å². The number of nitriles is 1. The van der Waals surface area contributed by atoms with Crippen molar-refractivity contribution < 1.29 is 0 Å². The molecule has 0 saturated carbocycles. The van der Waals surface area contributed by atoms with Gasteiger partial charge in [-0.15, -0.1) is 0 Å². The zero-order valence-electron chi connectivity index (χ0n) is 10.7. The first kappa shape index (κ1) is 11.9. The molecule has 0 radical (unpaired) electrons. The first-order valence-corrected chi connectivity index (χ1v) is 6.25. The molecule has 2 heterocycles. The minimum atomic E-state index is 0.475. The van der Waals surface area contributed by atoms with Crippen LogP contribution in [0.1, 0.15) is 32.9 Å². The molecule has 1 saturated heterocycles. The van der Waals surface area contributed by atoms with Gasteiger partial charge >= 0.3 is 0 Å². The number of anilines is 1. The molecule has 0 aliphatic carbocycles. The number of aromatic nitrogens is 1. The van der Waals surface area contributed by atoms with Crippen molar-refractivity contribution in [3.8, 4) is 6.07 Å². The number of nitrogens with zero attached hydrogens (tertiary/aromatic N) is 3. The van der Waals surface area contributed by atoms with E-state index in [4.69, 9.17) is 5.26 Å². The highest BCUT2D eigenvalue weighted by Crippen LogP contribution is 2.32. The molecule has 3 heteroatoms. The van der Waals surface area contributed by atoms with Gasteiger partial charge in [0.2, 0.25) is 0 Å². The van der Waals surface area contributed by atoms with Crippen LogP contribution < -0.4 is 4.90 Å². The van der Waals surface area contributed by atoms with Gasteiger partial charge in [-0.1, -0.05) is 13.8 Å². The van der Waals surface area contributed by atoms with E-state index in [0.717, 1.165) is 12.2 Å². The van der Waals surface area contributed by atoms with Gasteiger partial charge in [-0.3, -0.25) is 0 Å². The third kappa shape index (κ3) is 2.26.